The molecule has 20 heavy (non-hydrogen) atoms. The highest BCUT2D eigenvalue weighted by Crippen LogP contribution is 2.34. The molecule has 1 fully saturated rings. The van der Waals surface area contributed by atoms with Crippen LogP contribution in [-0.2, 0) is 0 Å². The van der Waals surface area contributed by atoms with Crippen molar-refractivity contribution < 1.29 is 4.79 Å². The zero-order valence-electron chi connectivity index (χ0n) is 12.8. The standard InChI is InChI=1S/C17H26N2O/c1-4-6-13-11-16(13)19-17(20)14-7-8-15(12(3)10-14)18-9-5-2/h7-8,10,13,16,18H,4-6,9,11H2,1-3H3,(H,19,20). The van der Waals surface area contributed by atoms with Crippen LogP contribution in [0.5, 0.6) is 0 Å². The Kier molecular flexibility index (Phi) is 5.05. The maximum absolute atomic E-state index is 12.2. The van der Waals surface area contributed by atoms with E-state index in [9.17, 15) is 4.79 Å². The Balaban J connectivity index is 1.92. The number of hydrogen-bond acceptors (Lipinski definition) is 2. The van der Waals surface area contributed by atoms with Crippen molar-refractivity contribution in [3.8, 4) is 0 Å². The molecule has 1 aromatic rings. The second-order valence-corrected chi connectivity index (χ2v) is 5.82. The van der Waals surface area contributed by atoms with E-state index >= 15 is 0 Å². The van der Waals surface area contributed by atoms with Crippen molar-refractivity contribution in [1.29, 1.82) is 0 Å². The fraction of sp³-hybridized carbons (Fsp3) is 0.588. The lowest BCUT2D eigenvalue weighted by atomic mass is 10.1. The summed E-state index contributed by atoms with van der Waals surface area (Å²) in [6, 6.07) is 6.30. The second kappa shape index (κ2) is 6.78. The molecule has 0 spiro atoms. The molecule has 110 valence electrons. The third kappa shape index (κ3) is 3.75. The van der Waals surface area contributed by atoms with Crippen LogP contribution in [0.25, 0.3) is 0 Å². The molecule has 1 amide bonds. The van der Waals surface area contributed by atoms with Gasteiger partial charge < -0.3 is 10.6 Å². The summed E-state index contributed by atoms with van der Waals surface area (Å²) in [6.45, 7) is 7.36. The summed E-state index contributed by atoms with van der Waals surface area (Å²) in [6.07, 6.45) is 4.68. The van der Waals surface area contributed by atoms with Gasteiger partial charge in [-0.3, -0.25) is 4.79 Å². The predicted octanol–water partition coefficient (Wildman–Crippen LogP) is 3.74. The number of amides is 1. The molecule has 1 aromatic carbocycles. The van der Waals surface area contributed by atoms with Crippen LogP contribution in [-0.4, -0.2) is 18.5 Å². The number of aryl methyl sites for hydroxylation is 1. The zero-order chi connectivity index (χ0) is 14.5. The first-order chi connectivity index (χ1) is 9.65. The Morgan fingerprint density at radius 3 is 2.75 bits per heavy atom. The summed E-state index contributed by atoms with van der Waals surface area (Å²) >= 11 is 0. The van der Waals surface area contributed by atoms with Gasteiger partial charge in [-0.2, -0.15) is 0 Å². The van der Waals surface area contributed by atoms with Gasteiger partial charge in [0.2, 0.25) is 0 Å². The van der Waals surface area contributed by atoms with Crippen LogP contribution in [0.1, 0.15) is 55.5 Å². The molecule has 0 saturated heterocycles. The van der Waals surface area contributed by atoms with Crippen molar-refractivity contribution >= 4 is 11.6 Å². The summed E-state index contributed by atoms with van der Waals surface area (Å²) in [7, 11) is 0. The number of carbonyl (C=O) groups is 1. The van der Waals surface area contributed by atoms with E-state index in [1.165, 1.54) is 12.8 Å². The molecule has 1 aliphatic carbocycles. The highest BCUT2D eigenvalue weighted by atomic mass is 16.1. The van der Waals surface area contributed by atoms with Gasteiger partial charge in [0.1, 0.15) is 0 Å². The number of anilines is 1. The Bertz CT molecular complexity index is 470. The summed E-state index contributed by atoms with van der Waals surface area (Å²) in [5.74, 6) is 0.772. The smallest absolute Gasteiger partial charge is 0.251 e. The Hall–Kier alpha value is -1.51. The van der Waals surface area contributed by atoms with E-state index < -0.39 is 0 Å². The van der Waals surface area contributed by atoms with Gasteiger partial charge in [-0.05, 0) is 55.9 Å². The number of rotatable bonds is 7. The van der Waals surface area contributed by atoms with Crippen molar-refractivity contribution in [2.75, 3.05) is 11.9 Å². The van der Waals surface area contributed by atoms with E-state index in [0.717, 1.165) is 36.2 Å². The predicted molar refractivity (Wildman–Crippen MR) is 84.2 cm³/mol. The fourth-order valence-electron chi connectivity index (χ4n) is 2.63. The summed E-state index contributed by atoms with van der Waals surface area (Å²) < 4.78 is 0. The molecular formula is C17H26N2O. The summed E-state index contributed by atoms with van der Waals surface area (Å²) in [4.78, 5) is 12.2. The number of benzene rings is 1. The first-order valence-corrected chi connectivity index (χ1v) is 7.81. The first-order valence-electron chi connectivity index (χ1n) is 7.81. The van der Waals surface area contributed by atoms with Crippen LogP contribution in [0.4, 0.5) is 5.69 Å². The van der Waals surface area contributed by atoms with Gasteiger partial charge in [-0.1, -0.05) is 20.3 Å². The normalized spacial score (nSPS) is 20.6. The van der Waals surface area contributed by atoms with Crippen molar-refractivity contribution in [3.05, 3.63) is 29.3 Å². The SMILES string of the molecule is CCCNc1ccc(C(=O)NC2CC2CCC)cc1C. The van der Waals surface area contributed by atoms with E-state index in [0.29, 0.717) is 12.0 Å². The minimum Gasteiger partial charge on any atom is -0.385 e. The van der Waals surface area contributed by atoms with Crippen LogP contribution in [0.3, 0.4) is 0 Å². The van der Waals surface area contributed by atoms with Crippen molar-refractivity contribution in [1.82, 2.24) is 5.32 Å². The fourth-order valence-corrected chi connectivity index (χ4v) is 2.63. The van der Waals surface area contributed by atoms with Crippen LogP contribution < -0.4 is 10.6 Å². The van der Waals surface area contributed by atoms with Crippen molar-refractivity contribution in [2.45, 2.75) is 52.5 Å². The van der Waals surface area contributed by atoms with Gasteiger partial charge in [0.05, 0.1) is 0 Å². The van der Waals surface area contributed by atoms with Gasteiger partial charge >= 0.3 is 0 Å². The summed E-state index contributed by atoms with van der Waals surface area (Å²) in [5.41, 5.74) is 3.03. The van der Waals surface area contributed by atoms with Gasteiger partial charge in [0.15, 0.2) is 0 Å². The number of nitrogens with one attached hydrogen (secondary N) is 2. The van der Waals surface area contributed by atoms with E-state index in [1.54, 1.807) is 0 Å². The van der Waals surface area contributed by atoms with Gasteiger partial charge in [0.25, 0.3) is 5.91 Å². The highest BCUT2D eigenvalue weighted by molar-refractivity contribution is 5.95. The molecule has 0 radical (unpaired) electrons. The Labute approximate surface area is 122 Å². The molecule has 1 saturated carbocycles. The van der Waals surface area contributed by atoms with Gasteiger partial charge in [-0.25, -0.2) is 0 Å². The van der Waals surface area contributed by atoms with E-state index in [-0.39, 0.29) is 5.91 Å². The third-order valence-electron chi connectivity index (χ3n) is 3.95. The highest BCUT2D eigenvalue weighted by Gasteiger charge is 2.37. The minimum absolute atomic E-state index is 0.0683. The topological polar surface area (TPSA) is 41.1 Å². The number of carbonyl (C=O) groups excluding carboxylic acids is 1. The molecule has 0 aromatic heterocycles. The molecule has 2 N–H and O–H groups in total. The number of hydrogen-bond donors (Lipinski definition) is 2. The molecule has 3 nitrogen and oxygen atoms in total. The van der Waals surface area contributed by atoms with E-state index in [4.69, 9.17) is 0 Å². The third-order valence-corrected chi connectivity index (χ3v) is 3.95. The lowest BCUT2D eigenvalue weighted by Crippen LogP contribution is -2.26. The maximum atomic E-state index is 12.2. The first kappa shape index (κ1) is 14.9. The van der Waals surface area contributed by atoms with E-state index in [2.05, 4.69) is 24.5 Å². The van der Waals surface area contributed by atoms with E-state index in [1.807, 2.05) is 25.1 Å². The van der Waals surface area contributed by atoms with Gasteiger partial charge in [-0.15, -0.1) is 0 Å². The zero-order valence-corrected chi connectivity index (χ0v) is 12.8. The Morgan fingerprint density at radius 2 is 2.10 bits per heavy atom. The van der Waals surface area contributed by atoms with Crippen LogP contribution >= 0.6 is 0 Å². The molecule has 2 unspecified atom stereocenters. The lowest BCUT2D eigenvalue weighted by Gasteiger charge is -2.11. The molecule has 1 aliphatic rings. The van der Waals surface area contributed by atoms with Crippen LogP contribution in [0.2, 0.25) is 0 Å². The second-order valence-electron chi connectivity index (χ2n) is 5.82. The molecule has 0 heterocycles. The largest absolute Gasteiger partial charge is 0.385 e. The molecule has 0 bridgehead atoms. The summed E-state index contributed by atoms with van der Waals surface area (Å²) in [5, 5.41) is 6.51. The quantitative estimate of drug-likeness (QED) is 0.795. The molecule has 2 rings (SSSR count). The van der Waals surface area contributed by atoms with Crippen molar-refractivity contribution in [2.24, 2.45) is 5.92 Å². The average Bonchev–Trinajstić information content (AvgIpc) is 3.15. The van der Waals surface area contributed by atoms with Crippen LogP contribution in [0, 0.1) is 12.8 Å². The molecule has 0 aliphatic heterocycles. The van der Waals surface area contributed by atoms with Gasteiger partial charge in [0, 0.05) is 23.8 Å². The minimum atomic E-state index is 0.0683. The van der Waals surface area contributed by atoms with Crippen LogP contribution in [0.15, 0.2) is 18.2 Å². The Morgan fingerprint density at radius 1 is 1.30 bits per heavy atom. The lowest BCUT2D eigenvalue weighted by molar-refractivity contribution is 0.0949. The molecule has 2 atom stereocenters. The molecular weight excluding hydrogens is 248 g/mol. The molecule has 3 heteroatoms. The monoisotopic (exact) mass is 274 g/mol. The van der Waals surface area contributed by atoms with Crippen molar-refractivity contribution in [3.63, 3.8) is 0 Å². The maximum Gasteiger partial charge on any atom is 0.251 e. The average molecular weight is 274 g/mol.